The summed E-state index contributed by atoms with van der Waals surface area (Å²) in [6.07, 6.45) is 2.06. The second-order valence-corrected chi connectivity index (χ2v) is 7.28. The molecule has 2 aromatic carbocycles. The van der Waals surface area contributed by atoms with Crippen molar-refractivity contribution in [2.75, 3.05) is 18.6 Å². The lowest BCUT2D eigenvalue weighted by Gasteiger charge is -2.19. The SMILES string of the molecule is CCCCN(C(=O)Cc1cccc(OC)c1)c1nnc(-c2cccc(F)c2)s1. The van der Waals surface area contributed by atoms with Gasteiger partial charge >= 0.3 is 0 Å². The maximum absolute atomic E-state index is 13.5. The lowest BCUT2D eigenvalue weighted by atomic mass is 10.1. The Bertz CT molecular complexity index is 945. The van der Waals surface area contributed by atoms with Gasteiger partial charge in [-0.2, -0.15) is 0 Å². The van der Waals surface area contributed by atoms with Crippen LogP contribution in [0.1, 0.15) is 25.3 Å². The van der Waals surface area contributed by atoms with Crippen molar-refractivity contribution >= 4 is 22.4 Å². The molecule has 0 aliphatic carbocycles. The molecule has 1 heterocycles. The Hall–Kier alpha value is -2.80. The third-order valence-electron chi connectivity index (χ3n) is 4.24. The molecule has 0 aliphatic rings. The van der Waals surface area contributed by atoms with E-state index in [2.05, 4.69) is 17.1 Å². The third-order valence-corrected chi connectivity index (χ3v) is 5.24. The topological polar surface area (TPSA) is 55.3 Å². The van der Waals surface area contributed by atoms with Crippen LogP contribution < -0.4 is 9.64 Å². The van der Waals surface area contributed by atoms with Gasteiger partial charge in [0.25, 0.3) is 0 Å². The molecule has 0 spiro atoms. The fourth-order valence-corrected chi connectivity index (χ4v) is 3.64. The largest absolute Gasteiger partial charge is 0.497 e. The van der Waals surface area contributed by atoms with Gasteiger partial charge < -0.3 is 4.74 Å². The molecule has 3 rings (SSSR count). The Kier molecular flexibility index (Phi) is 6.71. The zero-order valence-electron chi connectivity index (χ0n) is 15.9. The van der Waals surface area contributed by atoms with Gasteiger partial charge in [0.1, 0.15) is 16.6 Å². The molecule has 0 aliphatic heterocycles. The highest BCUT2D eigenvalue weighted by atomic mass is 32.1. The first kappa shape index (κ1) is 19.9. The van der Waals surface area contributed by atoms with Gasteiger partial charge in [-0.25, -0.2) is 4.39 Å². The molecular weight excluding hydrogens is 377 g/mol. The third kappa shape index (κ3) is 4.92. The van der Waals surface area contributed by atoms with Crippen molar-refractivity contribution < 1.29 is 13.9 Å². The van der Waals surface area contributed by atoms with Crippen LogP contribution in [0.15, 0.2) is 48.5 Å². The van der Waals surface area contributed by atoms with Crippen molar-refractivity contribution in [3.63, 3.8) is 0 Å². The minimum Gasteiger partial charge on any atom is -0.497 e. The highest BCUT2D eigenvalue weighted by Crippen LogP contribution is 2.29. The lowest BCUT2D eigenvalue weighted by molar-refractivity contribution is -0.118. The van der Waals surface area contributed by atoms with Crippen LogP contribution in [0.4, 0.5) is 9.52 Å². The molecule has 0 bridgehead atoms. The zero-order valence-corrected chi connectivity index (χ0v) is 16.7. The lowest BCUT2D eigenvalue weighted by Crippen LogP contribution is -2.33. The molecule has 0 atom stereocenters. The summed E-state index contributed by atoms with van der Waals surface area (Å²) in [6, 6.07) is 13.7. The Labute approximate surface area is 167 Å². The highest BCUT2D eigenvalue weighted by molar-refractivity contribution is 7.18. The van der Waals surface area contributed by atoms with E-state index in [-0.39, 0.29) is 18.1 Å². The molecule has 28 heavy (non-hydrogen) atoms. The van der Waals surface area contributed by atoms with Crippen LogP contribution in [0.5, 0.6) is 5.75 Å². The maximum atomic E-state index is 13.5. The molecule has 146 valence electrons. The minimum absolute atomic E-state index is 0.0522. The van der Waals surface area contributed by atoms with Gasteiger partial charge in [-0.15, -0.1) is 10.2 Å². The van der Waals surface area contributed by atoms with Crippen LogP contribution in [0.25, 0.3) is 10.6 Å². The first-order chi connectivity index (χ1) is 13.6. The second-order valence-electron chi connectivity index (χ2n) is 6.33. The van der Waals surface area contributed by atoms with Crippen LogP contribution in [0, 0.1) is 5.82 Å². The van der Waals surface area contributed by atoms with Crippen molar-refractivity contribution in [3.8, 4) is 16.3 Å². The number of hydrogen-bond acceptors (Lipinski definition) is 5. The summed E-state index contributed by atoms with van der Waals surface area (Å²) >= 11 is 1.29. The number of anilines is 1. The summed E-state index contributed by atoms with van der Waals surface area (Å²) in [5.41, 5.74) is 1.53. The van der Waals surface area contributed by atoms with Crippen LogP contribution in [0.2, 0.25) is 0 Å². The number of halogens is 1. The summed E-state index contributed by atoms with van der Waals surface area (Å²) in [5.74, 6) is 0.338. The van der Waals surface area contributed by atoms with Crippen LogP contribution >= 0.6 is 11.3 Å². The van der Waals surface area contributed by atoms with E-state index in [4.69, 9.17) is 4.74 Å². The van der Waals surface area contributed by atoms with E-state index in [0.717, 1.165) is 24.2 Å². The van der Waals surface area contributed by atoms with Gasteiger partial charge in [-0.05, 0) is 36.2 Å². The fraction of sp³-hybridized carbons (Fsp3) is 0.286. The monoisotopic (exact) mass is 399 g/mol. The average Bonchev–Trinajstić information content (AvgIpc) is 3.18. The predicted octanol–water partition coefficient (Wildman–Crippen LogP) is 4.73. The van der Waals surface area contributed by atoms with Crippen molar-refractivity contribution in [1.29, 1.82) is 0 Å². The molecule has 0 unspecified atom stereocenters. The normalized spacial score (nSPS) is 10.7. The number of rotatable bonds is 8. The van der Waals surface area contributed by atoms with Crippen molar-refractivity contribution in [2.24, 2.45) is 0 Å². The number of benzene rings is 2. The summed E-state index contributed by atoms with van der Waals surface area (Å²) in [5, 5.41) is 9.48. The van der Waals surface area contributed by atoms with Gasteiger partial charge in [0, 0.05) is 12.1 Å². The average molecular weight is 399 g/mol. The number of aromatic nitrogens is 2. The summed E-state index contributed by atoms with van der Waals surface area (Å²) < 4.78 is 18.7. The summed E-state index contributed by atoms with van der Waals surface area (Å²) in [4.78, 5) is 14.7. The van der Waals surface area contributed by atoms with Crippen LogP contribution in [0.3, 0.4) is 0 Å². The zero-order chi connectivity index (χ0) is 19.9. The molecule has 0 fully saturated rings. The quantitative estimate of drug-likeness (QED) is 0.550. The second kappa shape index (κ2) is 9.41. The smallest absolute Gasteiger partial charge is 0.233 e. The van der Waals surface area contributed by atoms with Gasteiger partial charge in [0.05, 0.1) is 13.5 Å². The number of unbranched alkanes of at least 4 members (excludes halogenated alkanes) is 1. The Morgan fingerprint density at radius 2 is 2.00 bits per heavy atom. The van der Waals surface area contributed by atoms with Crippen LogP contribution in [-0.4, -0.2) is 29.8 Å². The van der Waals surface area contributed by atoms with E-state index in [1.807, 2.05) is 24.3 Å². The van der Waals surface area contributed by atoms with E-state index in [0.29, 0.717) is 22.2 Å². The van der Waals surface area contributed by atoms with E-state index < -0.39 is 0 Å². The standard InChI is InChI=1S/C21H22FN3O2S/c1-3-4-11-25(19(26)13-15-7-5-10-18(12-15)27-2)21-24-23-20(28-21)16-8-6-9-17(22)14-16/h5-10,12,14H,3-4,11,13H2,1-2H3. The number of carbonyl (C=O) groups excluding carboxylic acids is 1. The molecule has 7 heteroatoms. The number of hydrogen-bond donors (Lipinski definition) is 0. The molecule has 3 aromatic rings. The minimum atomic E-state index is -0.328. The molecule has 1 amide bonds. The molecule has 0 saturated heterocycles. The fourth-order valence-electron chi connectivity index (χ4n) is 2.76. The Morgan fingerprint density at radius 3 is 2.75 bits per heavy atom. The van der Waals surface area contributed by atoms with E-state index in [1.54, 1.807) is 24.1 Å². The molecule has 0 radical (unpaired) electrons. The molecule has 1 aromatic heterocycles. The summed E-state index contributed by atoms with van der Waals surface area (Å²) in [7, 11) is 1.60. The summed E-state index contributed by atoms with van der Waals surface area (Å²) in [6.45, 7) is 2.64. The molecular formula is C21H22FN3O2S. The van der Waals surface area contributed by atoms with Crippen molar-refractivity contribution in [1.82, 2.24) is 10.2 Å². The van der Waals surface area contributed by atoms with Gasteiger partial charge in [-0.3, -0.25) is 9.69 Å². The van der Waals surface area contributed by atoms with Crippen LogP contribution in [-0.2, 0) is 11.2 Å². The van der Waals surface area contributed by atoms with Gasteiger partial charge in [0.2, 0.25) is 11.0 Å². The number of carbonyl (C=O) groups is 1. The first-order valence-electron chi connectivity index (χ1n) is 9.13. The molecule has 0 N–H and O–H groups in total. The van der Waals surface area contributed by atoms with Crippen molar-refractivity contribution in [3.05, 3.63) is 59.9 Å². The number of nitrogens with zero attached hydrogens (tertiary/aromatic N) is 3. The van der Waals surface area contributed by atoms with E-state index >= 15 is 0 Å². The molecule has 5 nitrogen and oxygen atoms in total. The van der Waals surface area contributed by atoms with E-state index in [1.165, 1.54) is 23.5 Å². The number of methoxy groups -OCH3 is 1. The number of ether oxygens (including phenoxy) is 1. The first-order valence-corrected chi connectivity index (χ1v) is 9.95. The predicted molar refractivity (Wildman–Crippen MR) is 109 cm³/mol. The van der Waals surface area contributed by atoms with E-state index in [9.17, 15) is 9.18 Å². The molecule has 0 saturated carbocycles. The van der Waals surface area contributed by atoms with Gasteiger partial charge in [0.15, 0.2) is 0 Å². The maximum Gasteiger partial charge on any atom is 0.233 e. The number of amides is 1. The Morgan fingerprint density at radius 1 is 1.18 bits per heavy atom. The van der Waals surface area contributed by atoms with Crippen molar-refractivity contribution in [2.45, 2.75) is 26.2 Å². The highest BCUT2D eigenvalue weighted by Gasteiger charge is 2.20. The Balaban J connectivity index is 1.82. The van der Waals surface area contributed by atoms with Gasteiger partial charge in [-0.1, -0.05) is 48.9 Å².